The van der Waals surface area contributed by atoms with E-state index in [1.54, 1.807) is 0 Å². The lowest BCUT2D eigenvalue weighted by Crippen LogP contribution is -2.33. The highest BCUT2D eigenvalue weighted by Crippen LogP contribution is 2.16. The van der Waals surface area contributed by atoms with E-state index < -0.39 is 0 Å². The molecule has 1 aromatic rings. The summed E-state index contributed by atoms with van der Waals surface area (Å²) in [7, 11) is 0. The fourth-order valence-electron chi connectivity index (χ4n) is 2.17. The van der Waals surface area contributed by atoms with Gasteiger partial charge in [0.15, 0.2) is 0 Å². The summed E-state index contributed by atoms with van der Waals surface area (Å²) >= 11 is 0. The van der Waals surface area contributed by atoms with E-state index in [-0.39, 0.29) is 6.10 Å². The molecule has 1 heterocycles. The standard InChI is InChI=1S/C13H19NO/c15-13(12-7-3-1-4-8-12)11-14-9-5-2-6-10-14/h1,3-4,7-8,13,15H,2,5-6,9-11H2/t13-/m0/s1. The average Bonchev–Trinajstić information content (AvgIpc) is 2.31. The Morgan fingerprint density at radius 3 is 2.40 bits per heavy atom. The van der Waals surface area contributed by atoms with Gasteiger partial charge in [-0.2, -0.15) is 0 Å². The molecule has 0 radical (unpaired) electrons. The second-order valence-electron chi connectivity index (χ2n) is 4.29. The van der Waals surface area contributed by atoms with Crippen LogP contribution in [0.5, 0.6) is 0 Å². The van der Waals surface area contributed by atoms with Crippen LogP contribution >= 0.6 is 0 Å². The maximum Gasteiger partial charge on any atom is 0.0916 e. The van der Waals surface area contributed by atoms with Crippen molar-refractivity contribution in [3.63, 3.8) is 0 Å². The van der Waals surface area contributed by atoms with Crippen LogP contribution in [0.3, 0.4) is 0 Å². The third-order valence-corrected chi connectivity index (χ3v) is 3.06. The minimum absolute atomic E-state index is 0.329. The van der Waals surface area contributed by atoms with Gasteiger partial charge in [0.25, 0.3) is 0 Å². The van der Waals surface area contributed by atoms with Crippen LogP contribution < -0.4 is 0 Å². The van der Waals surface area contributed by atoms with Gasteiger partial charge in [0.2, 0.25) is 0 Å². The van der Waals surface area contributed by atoms with Crippen molar-refractivity contribution in [3.8, 4) is 0 Å². The molecular formula is C13H19NO. The number of β-amino-alcohol motifs (C(OH)–C–C–N with tert-alkyl or cyclic N) is 1. The number of piperidine rings is 1. The van der Waals surface area contributed by atoms with Crippen LogP contribution in [0, 0.1) is 0 Å². The Morgan fingerprint density at radius 1 is 1.07 bits per heavy atom. The van der Waals surface area contributed by atoms with Crippen molar-refractivity contribution >= 4 is 0 Å². The Kier molecular flexibility index (Phi) is 3.75. The quantitative estimate of drug-likeness (QED) is 0.817. The van der Waals surface area contributed by atoms with E-state index in [2.05, 4.69) is 4.90 Å². The Hall–Kier alpha value is -0.860. The van der Waals surface area contributed by atoms with Crippen molar-refractivity contribution in [2.24, 2.45) is 0 Å². The average molecular weight is 205 g/mol. The number of benzene rings is 1. The molecule has 82 valence electrons. The van der Waals surface area contributed by atoms with Crippen molar-refractivity contribution in [2.75, 3.05) is 19.6 Å². The van der Waals surface area contributed by atoms with Gasteiger partial charge in [-0.15, -0.1) is 0 Å². The molecule has 0 aromatic heterocycles. The number of aliphatic hydroxyl groups is 1. The van der Waals surface area contributed by atoms with Gasteiger partial charge in [0.05, 0.1) is 6.10 Å². The first-order valence-corrected chi connectivity index (χ1v) is 5.81. The molecule has 0 spiro atoms. The van der Waals surface area contributed by atoms with Crippen LogP contribution in [0.2, 0.25) is 0 Å². The summed E-state index contributed by atoms with van der Waals surface area (Å²) in [6.07, 6.45) is 3.57. The lowest BCUT2D eigenvalue weighted by Gasteiger charge is -2.28. The molecule has 1 aromatic carbocycles. The summed E-state index contributed by atoms with van der Waals surface area (Å²) in [5, 5.41) is 10.0. The first-order chi connectivity index (χ1) is 7.36. The van der Waals surface area contributed by atoms with Crippen LogP contribution in [-0.4, -0.2) is 29.6 Å². The molecule has 0 aliphatic carbocycles. The van der Waals surface area contributed by atoms with E-state index in [0.29, 0.717) is 0 Å². The second kappa shape index (κ2) is 5.29. The van der Waals surface area contributed by atoms with Gasteiger partial charge in [-0.05, 0) is 31.5 Å². The molecule has 1 fully saturated rings. The van der Waals surface area contributed by atoms with Crippen LogP contribution in [0.4, 0.5) is 0 Å². The molecule has 0 saturated carbocycles. The smallest absolute Gasteiger partial charge is 0.0916 e. The molecule has 1 saturated heterocycles. The number of aliphatic hydroxyl groups excluding tert-OH is 1. The highest BCUT2D eigenvalue weighted by molar-refractivity contribution is 5.17. The lowest BCUT2D eigenvalue weighted by molar-refractivity contribution is 0.101. The molecule has 1 atom stereocenters. The molecule has 1 aliphatic rings. The van der Waals surface area contributed by atoms with Crippen LogP contribution in [-0.2, 0) is 0 Å². The zero-order valence-electron chi connectivity index (χ0n) is 9.10. The highest BCUT2D eigenvalue weighted by atomic mass is 16.3. The first kappa shape index (κ1) is 10.7. The molecule has 0 amide bonds. The number of rotatable bonds is 3. The van der Waals surface area contributed by atoms with Crippen molar-refractivity contribution < 1.29 is 5.11 Å². The third kappa shape index (κ3) is 3.05. The fraction of sp³-hybridized carbons (Fsp3) is 0.538. The van der Waals surface area contributed by atoms with Crippen molar-refractivity contribution in [1.29, 1.82) is 0 Å². The number of hydrogen-bond donors (Lipinski definition) is 1. The Morgan fingerprint density at radius 2 is 1.73 bits per heavy atom. The van der Waals surface area contributed by atoms with Crippen molar-refractivity contribution in [1.82, 2.24) is 4.90 Å². The van der Waals surface area contributed by atoms with Gasteiger partial charge < -0.3 is 10.0 Å². The van der Waals surface area contributed by atoms with Gasteiger partial charge in [-0.1, -0.05) is 36.8 Å². The maximum absolute atomic E-state index is 10.0. The summed E-state index contributed by atoms with van der Waals surface area (Å²) in [5.74, 6) is 0. The fourth-order valence-corrected chi connectivity index (χ4v) is 2.17. The molecule has 2 heteroatoms. The first-order valence-electron chi connectivity index (χ1n) is 5.81. The predicted octanol–water partition coefficient (Wildman–Crippen LogP) is 2.21. The van der Waals surface area contributed by atoms with E-state index in [1.807, 2.05) is 30.3 Å². The second-order valence-corrected chi connectivity index (χ2v) is 4.29. The molecule has 0 unspecified atom stereocenters. The summed E-state index contributed by atoms with van der Waals surface area (Å²) in [6.45, 7) is 3.07. The summed E-state index contributed by atoms with van der Waals surface area (Å²) in [6, 6.07) is 9.93. The van der Waals surface area contributed by atoms with Crippen LogP contribution in [0.25, 0.3) is 0 Å². The predicted molar refractivity (Wildman–Crippen MR) is 61.7 cm³/mol. The summed E-state index contributed by atoms with van der Waals surface area (Å²) in [4.78, 5) is 2.36. The number of nitrogens with zero attached hydrogens (tertiary/aromatic N) is 1. The number of likely N-dealkylation sites (tertiary alicyclic amines) is 1. The Balaban J connectivity index is 1.88. The number of hydrogen-bond acceptors (Lipinski definition) is 2. The van der Waals surface area contributed by atoms with Crippen molar-refractivity contribution in [2.45, 2.75) is 25.4 Å². The molecule has 2 nitrogen and oxygen atoms in total. The summed E-state index contributed by atoms with van der Waals surface area (Å²) in [5.41, 5.74) is 1.03. The van der Waals surface area contributed by atoms with E-state index in [4.69, 9.17) is 0 Å². The normalized spacial score (nSPS) is 20.1. The molecule has 1 N–H and O–H groups in total. The Labute approximate surface area is 91.5 Å². The van der Waals surface area contributed by atoms with E-state index in [9.17, 15) is 5.11 Å². The van der Waals surface area contributed by atoms with Gasteiger partial charge in [-0.3, -0.25) is 0 Å². The zero-order valence-corrected chi connectivity index (χ0v) is 9.10. The monoisotopic (exact) mass is 205 g/mol. The SMILES string of the molecule is O[C@@H](CN1CCCCC1)c1ccccc1. The minimum atomic E-state index is -0.329. The zero-order chi connectivity index (χ0) is 10.5. The third-order valence-electron chi connectivity index (χ3n) is 3.06. The van der Waals surface area contributed by atoms with E-state index >= 15 is 0 Å². The molecule has 0 bridgehead atoms. The van der Waals surface area contributed by atoms with E-state index in [0.717, 1.165) is 25.2 Å². The van der Waals surface area contributed by atoms with Crippen LogP contribution in [0.1, 0.15) is 30.9 Å². The molecule has 15 heavy (non-hydrogen) atoms. The minimum Gasteiger partial charge on any atom is -0.387 e. The van der Waals surface area contributed by atoms with Gasteiger partial charge in [-0.25, -0.2) is 0 Å². The van der Waals surface area contributed by atoms with E-state index in [1.165, 1.54) is 19.3 Å². The topological polar surface area (TPSA) is 23.5 Å². The lowest BCUT2D eigenvalue weighted by atomic mass is 10.1. The molecule has 1 aliphatic heterocycles. The van der Waals surface area contributed by atoms with Crippen LogP contribution in [0.15, 0.2) is 30.3 Å². The maximum atomic E-state index is 10.0. The molecule has 2 rings (SSSR count). The van der Waals surface area contributed by atoms with Crippen molar-refractivity contribution in [3.05, 3.63) is 35.9 Å². The van der Waals surface area contributed by atoms with Gasteiger partial charge >= 0.3 is 0 Å². The molecular weight excluding hydrogens is 186 g/mol. The Bertz CT molecular complexity index is 280. The largest absolute Gasteiger partial charge is 0.387 e. The highest BCUT2D eigenvalue weighted by Gasteiger charge is 2.15. The summed E-state index contributed by atoms with van der Waals surface area (Å²) < 4.78 is 0. The van der Waals surface area contributed by atoms with Gasteiger partial charge in [0, 0.05) is 6.54 Å². The van der Waals surface area contributed by atoms with Gasteiger partial charge in [0.1, 0.15) is 0 Å².